The summed E-state index contributed by atoms with van der Waals surface area (Å²) >= 11 is 0. The monoisotopic (exact) mass is 366 g/mol. The molecule has 6 nitrogen and oxygen atoms in total. The Labute approximate surface area is 157 Å². The number of aliphatic carboxylic acids is 1. The van der Waals surface area contributed by atoms with Crippen molar-refractivity contribution in [2.75, 3.05) is 24.6 Å². The number of hydrogen-bond acceptors (Lipinski definition) is 5. The number of benzene rings is 1. The average molecular weight is 367 g/mol. The van der Waals surface area contributed by atoms with Crippen molar-refractivity contribution in [3.8, 4) is 0 Å². The molecule has 2 rings (SSSR count). The van der Waals surface area contributed by atoms with Gasteiger partial charge in [0.05, 0.1) is 18.5 Å². The van der Waals surface area contributed by atoms with E-state index in [1.54, 1.807) is 21.1 Å². The minimum Gasteiger partial charge on any atom is -0.481 e. The zero-order chi connectivity index (χ0) is 19.6. The van der Waals surface area contributed by atoms with Crippen LogP contribution >= 0.6 is 0 Å². The van der Waals surface area contributed by atoms with E-state index in [2.05, 4.69) is 31.3 Å². The number of nitrogens with one attached hydrogen (secondary N) is 1. The Hall–Kier alpha value is -1.79. The summed E-state index contributed by atoms with van der Waals surface area (Å²) in [5.74, 6) is -0.735. The smallest absolute Gasteiger partial charge is 0.303 e. The van der Waals surface area contributed by atoms with E-state index < -0.39 is 11.8 Å². The van der Waals surface area contributed by atoms with Crippen LogP contribution < -0.4 is 10.4 Å². The molecule has 1 aliphatic heterocycles. The number of anilines is 2. The number of rotatable bonds is 9. The Morgan fingerprint density at radius 1 is 1.27 bits per heavy atom. The second-order valence-electron chi connectivity index (χ2n) is 6.48. The van der Waals surface area contributed by atoms with Crippen molar-refractivity contribution in [1.29, 1.82) is 0 Å². The summed E-state index contributed by atoms with van der Waals surface area (Å²) in [4.78, 5) is 15.0. The first kappa shape index (κ1) is 22.3. The molecule has 0 radical (unpaired) electrons. The summed E-state index contributed by atoms with van der Waals surface area (Å²) in [7, 11) is 3.45. The van der Waals surface area contributed by atoms with Crippen molar-refractivity contribution >= 4 is 17.3 Å². The van der Waals surface area contributed by atoms with Crippen LogP contribution in [0, 0.1) is 5.92 Å². The molecule has 26 heavy (non-hydrogen) atoms. The van der Waals surface area contributed by atoms with Gasteiger partial charge in [0.15, 0.2) is 0 Å². The van der Waals surface area contributed by atoms with E-state index in [1.165, 1.54) is 19.3 Å². The third-order valence-electron chi connectivity index (χ3n) is 4.71. The summed E-state index contributed by atoms with van der Waals surface area (Å²) in [5.41, 5.74) is 2.10. The normalized spacial score (nSPS) is 19.2. The minimum atomic E-state index is -0.745. The molecule has 0 aromatic heterocycles. The average Bonchev–Trinajstić information content (AvgIpc) is 2.98. The van der Waals surface area contributed by atoms with E-state index >= 15 is 0 Å². The predicted octanol–water partition coefficient (Wildman–Crippen LogP) is 4.87. The van der Waals surface area contributed by atoms with Crippen molar-refractivity contribution < 1.29 is 19.5 Å². The molecule has 1 aliphatic rings. The highest BCUT2D eigenvalue weighted by Crippen LogP contribution is 2.43. The maximum Gasteiger partial charge on any atom is 0.303 e. The fourth-order valence-electron chi connectivity index (χ4n) is 3.14. The molecule has 1 heterocycles. The molecule has 6 heteroatoms. The summed E-state index contributed by atoms with van der Waals surface area (Å²) in [6.07, 6.45) is 6.01. The summed E-state index contributed by atoms with van der Waals surface area (Å²) < 4.78 is 5.89. The first-order valence-corrected chi connectivity index (χ1v) is 9.46. The molecule has 0 amide bonds. The molecule has 0 bridgehead atoms. The standard InChI is InChI=1S/C17H28N2O2.C3H6O2/c1-5-7-10-14(6-2)13-17(20-3)18-15-11-8-9-12-16(15)19(17)21-4;1-2-3(4)5/h8-9,11-12,14,18H,5-7,10,13H2,1-4H3;2H2,1H3,(H,4,5). The maximum absolute atomic E-state index is 9.37. The van der Waals surface area contributed by atoms with Gasteiger partial charge in [-0.15, -0.1) is 0 Å². The highest BCUT2D eigenvalue weighted by Gasteiger charge is 2.46. The number of ether oxygens (including phenoxy) is 1. The summed E-state index contributed by atoms with van der Waals surface area (Å²) in [6.45, 7) is 6.09. The molecule has 0 saturated heterocycles. The van der Waals surface area contributed by atoms with Crippen LogP contribution in [0.25, 0.3) is 0 Å². The van der Waals surface area contributed by atoms with Gasteiger partial charge in [-0.1, -0.05) is 58.6 Å². The molecule has 2 unspecified atom stereocenters. The zero-order valence-electron chi connectivity index (χ0n) is 16.7. The zero-order valence-corrected chi connectivity index (χ0v) is 16.7. The topological polar surface area (TPSA) is 71.0 Å². The van der Waals surface area contributed by atoms with Gasteiger partial charge in [0.1, 0.15) is 0 Å². The molecule has 148 valence electrons. The first-order chi connectivity index (χ1) is 12.5. The number of carboxylic acids is 1. The fraction of sp³-hybridized carbons (Fsp3) is 0.650. The number of para-hydroxylation sites is 2. The Kier molecular flexibility index (Phi) is 9.44. The Morgan fingerprint density at radius 3 is 2.42 bits per heavy atom. The van der Waals surface area contributed by atoms with Crippen LogP contribution in [0.4, 0.5) is 11.4 Å². The SMILES string of the molecule is CCC(=O)O.CCCCC(CC)CC1(OC)Nc2ccccc2N1OC. The lowest BCUT2D eigenvalue weighted by molar-refractivity contribution is -0.136. The van der Waals surface area contributed by atoms with Crippen LogP contribution in [-0.4, -0.2) is 31.1 Å². The van der Waals surface area contributed by atoms with E-state index in [0.29, 0.717) is 5.92 Å². The van der Waals surface area contributed by atoms with Gasteiger partial charge in [0.2, 0.25) is 5.85 Å². The van der Waals surface area contributed by atoms with Crippen molar-refractivity contribution in [2.45, 2.75) is 65.1 Å². The lowest BCUT2D eigenvalue weighted by Gasteiger charge is -2.38. The third-order valence-corrected chi connectivity index (χ3v) is 4.71. The molecular weight excluding hydrogens is 332 g/mol. The van der Waals surface area contributed by atoms with Gasteiger partial charge < -0.3 is 15.2 Å². The van der Waals surface area contributed by atoms with Crippen LogP contribution in [0.1, 0.15) is 59.3 Å². The van der Waals surface area contributed by atoms with Gasteiger partial charge >= 0.3 is 5.97 Å². The molecule has 0 aliphatic carbocycles. The first-order valence-electron chi connectivity index (χ1n) is 9.46. The second kappa shape index (κ2) is 11.0. The van der Waals surface area contributed by atoms with Crippen LogP contribution in [-0.2, 0) is 14.4 Å². The highest BCUT2D eigenvalue weighted by atomic mass is 16.7. The van der Waals surface area contributed by atoms with Crippen LogP contribution in [0.15, 0.2) is 24.3 Å². The maximum atomic E-state index is 9.37. The van der Waals surface area contributed by atoms with Crippen LogP contribution in [0.2, 0.25) is 0 Å². The molecule has 1 aromatic rings. The quantitative estimate of drug-likeness (QED) is 0.650. The summed E-state index contributed by atoms with van der Waals surface area (Å²) in [5, 5.41) is 13.1. The minimum absolute atomic E-state index is 0.222. The van der Waals surface area contributed by atoms with Crippen molar-refractivity contribution in [3.63, 3.8) is 0 Å². The number of carbonyl (C=O) groups is 1. The lowest BCUT2D eigenvalue weighted by atomic mass is 9.93. The van der Waals surface area contributed by atoms with Crippen molar-refractivity contribution in [2.24, 2.45) is 5.92 Å². The number of nitrogens with zero attached hydrogens (tertiary/aromatic N) is 1. The number of carboxylic acid groups (broad SMARTS) is 1. The van der Waals surface area contributed by atoms with Crippen LogP contribution in [0.3, 0.4) is 0 Å². The van der Waals surface area contributed by atoms with E-state index in [4.69, 9.17) is 14.7 Å². The number of hydroxylamine groups is 1. The summed E-state index contributed by atoms with van der Waals surface area (Å²) in [6, 6.07) is 8.17. The van der Waals surface area contributed by atoms with Crippen molar-refractivity contribution in [3.05, 3.63) is 24.3 Å². The largest absolute Gasteiger partial charge is 0.481 e. The Bertz CT molecular complexity index is 552. The van der Waals surface area contributed by atoms with E-state index in [1.807, 2.05) is 17.2 Å². The van der Waals surface area contributed by atoms with Gasteiger partial charge in [-0.25, -0.2) is 5.06 Å². The second-order valence-corrected chi connectivity index (χ2v) is 6.48. The van der Waals surface area contributed by atoms with Gasteiger partial charge in [-0.2, -0.15) is 0 Å². The Balaban J connectivity index is 0.000000597. The molecule has 0 spiro atoms. The molecule has 2 atom stereocenters. The molecular formula is C20H34N2O4. The molecule has 0 fully saturated rings. The van der Waals surface area contributed by atoms with Gasteiger partial charge in [-0.05, 0) is 18.1 Å². The van der Waals surface area contributed by atoms with E-state index in [0.717, 1.165) is 24.2 Å². The van der Waals surface area contributed by atoms with E-state index in [9.17, 15) is 4.79 Å². The molecule has 2 N–H and O–H groups in total. The number of fused-ring (bicyclic) bond motifs is 1. The highest BCUT2D eigenvalue weighted by molar-refractivity contribution is 5.75. The Morgan fingerprint density at radius 2 is 1.92 bits per heavy atom. The number of unbranched alkanes of at least 4 members (excludes halogenated alkanes) is 1. The van der Waals surface area contributed by atoms with Gasteiger partial charge in [0, 0.05) is 20.0 Å². The van der Waals surface area contributed by atoms with Crippen LogP contribution in [0.5, 0.6) is 0 Å². The fourth-order valence-corrected chi connectivity index (χ4v) is 3.14. The van der Waals surface area contributed by atoms with Gasteiger partial charge in [0.25, 0.3) is 0 Å². The molecule has 0 saturated carbocycles. The number of hydrogen-bond donors (Lipinski definition) is 2. The van der Waals surface area contributed by atoms with E-state index in [-0.39, 0.29) is 6.42 Å². The predicted molar refractivity (Wildman–Crippen MR) is 105 cm³/mol. The number of methoxy groups -OCH3 is 1. The third kappa shape index (κ3) is 5.61. The van der Waals surface area contributed by atoms with Crippen molar-refractivity contribution in [1.82, 2.24) is 0 Å². The molecule has 1 aromatic carbocycles. The van der Waals surface area contributed by atoms with Gasteiger partial charge in [-0.3, -0.25) is 9.63 Å². The lowest BCUT2D eigenvalue weighted by Crippen LogP contribution is -2.53.